The first kappa shape index (κ1) is 17.2. The number of rotatable bonds is 5. The van der Waals surface area contributed by atoms with Crippen molar-refractivity contribution in [3.63, 3.8) is 0 Å². The van der Waals surface area contributed by atoms with Crippen molar-refractivity contribution in [2.75, 3.05) is 6.61 Å². The van der Waals surface area contributed by atoms with Crippen molar-refractivity contribution in [1.82, 2.24) is 0 Å². The van der Waals surface area contributed by atoms with E-state index in [4.69, 9.17) is 18.9 Å². The standard InChI is InChI=1S/C20H20O6/c21-16-15-12-24-20(25-15)18(26-19(22)14-9-5-2-6-10-14)17(16)23-11-13-7-3-1-4-8-13/h1-10,15-18,20-21H,11-12H2/t15?,16?,17?,18?,20-/m1/s1. The van der Waals surface area contributed by atoms with Crippen molar-refractivity contribution in [2.45, 2.75) is 37.3 Å². The number of carbonyl (C=O) groups is 1. The summed E-state index contributed by atoms with van der Waals surface area (Å²) in [7, 11) is 0. The van der Waals surface area contributed by atoms with Crippen LogP contribution in [0, 0.1) is 0 Å². The second kappa shape index (κ2) is 7.55. The highest BCUT2D eigenvalue weighted by Crippen LogP contribution is 2.32. The van der Waals surface area contributed by atoms with E-state index in [0.29, 0.717) is 12.2 Å². The van der Waals surface area contributed by atoms with Crippen LogP contribution in [0.3, 0.4) is 0 Å². The molecule has 0 aromatic heterocycles. The third-order valence-electron chi connectivity index (χ3n) is 4.58. The predicted octanol–water partition coefficient (Wildman–Crippen LogP) is 1.91. The van der Waals surface area contributed by atoms with Gasteiger partial charge in [-0.2, -0.15) is 0 Å². The summed E-state index contributed by atoms with van der Waals surface area (Å²) in [5.74, 6) is -0.506. The number of carbonyl (C=O) groups excluding carboxylic acids is 1. The molecule has 0 saturated carbocycles. The SMILES string of the molecule is O=C(OC1C(OCc2ccccc2)C(O)C2CO[C@@H]1O2)c1ccccc1. The molecule has 0 aliphatic carbocycles. The molecule has 136 valence electrons. The summed E-state index contributed by atoms with van der Waals surface area (Å²) in [5, 5.41) is 10.6. The second-order valence-corrected chi connectivity index (χ2v) is 6.36. The van der Waals surface area contributed by atoms with Gasteiger partial charge in [0.15, 0.2) is 12.4 Å². The molecule has 2 aliphatic rings. The van der Waals surface area contributed by atoms with Gasteiger partial charge >= 0.3 is 5.97 Å². The molecule has 6 heteroatoms. The van der Waals surface area contributed by atoms with Gasteiger partial charge in [0.1, 0.15) is 18.3 Å². The largest absolute Gasteiger partial charge is 0.450 e. The molecule has 2 aromatic carbocycles. The average Bonchev–Trinajstić information content (AvgIpc) is 3.14. The molecule has 0 spiro atoms. The van der Waals surface area contributed by atoms with Crippen LogP contribution in [0.15, 0.2) is 60.7 Å². The molecule has 2 aromatic rings. The van der Waals surface area contributed by atoms with E-state index in [9.17, 15) is 9.90 Å². The minimum absolute atomic E-state index is 0.246. The van der Waals surface area contributed by atoms with Crippen molar-refractivity contribution in [3.8, 4) is 0 Å². The van der Waals surface area contributed by atoms with Crippen molar-refractivity contribution in [2.24, 2.45) is 0 Å². The van der Waals surface area contributed by atoms with Crippen molar-refractivity contribution < 1.29 is 28.8 Å². The number of aliphatic hydroxyl groups is 1. The summed E-state index contributed by atoms with van der Waals surface area (Å²) in [6, 6.07) is 18.3. The van der Waals surface area contributed by atoms with Gasteiger partial charge in [-0.05, 0) is 17.7 Å². The zero-order chi connectivity index (χ0) is 17.9. The highest BCUT2D eigenvalue weighted by atomic mass is 16.8. The Balaban J connectivity index is 1.50. The molecule has 2 fully saturated rings. The quantitative estimate of drug-likeness (QED) is 0.825. The molecule has 26 heavy (non-hydrogen) atoms. The Morgan fingerprint density at radius 3 is 2.46 bits per heavy atom. The summed E-state index contributed by atoms with van der Waals surface area (Å²) in [6.07, 6.45) is -3.73. The van der Waals surface area contributed by atoms with E-state index in [0.717, 1.165) is 5.56 Å². The van der Waals surface area contributed by atoms with E-state index in [1.54, 1.807) is 24.3 Å². The first-order valence-electron chi connectivity index (χ1n) is 8.59. The van der Waals surface area contributed by atoms with Gasteiger partial charge in [0.2, 0.25) is 0 Å². The van der Waals surface area contributed by atoms with E-state index in [1.807, 2.05) is 36.4 Å². The molecule has 5 atom stereocenters. The Hall–Kier alpha value is -2.25. The van der Waals surface area contributed by atoms with Gasteiger partial charge in [0.05, 0.1) is 18.8 Å². The first-order chi connectivity index (χ1) is 12.7. The van der Waals surface area contributed by atoms with E-state index in [1.165, 1.54) is 0 Å². The molecular formula is C20H20O6. The number of aliphatic hydroxyl groups excluding tert-OH is 1. The molecule has 0 radical (unpaired) electrons. The number of ether oxygens (including phenoxy) is 4. The Morgan fingerprint density at radius 1 is 1.04 bits per heavy atom. The highest BCUT2D eigenvalue weighted by Gasteiger charge is 2.52. The summed E-state index contributed by atoms with van der Waals surface area (Å²) in [5.41, 5.74) is 1.39. The zero-order valence-corrected chi connectivity index (χ0v) is 14.1. The van der Waals surface area contributed by atoms with Gasteiger partial charge in [-0.1, -0.05) is 48.5 Å². The van der Waals surface area contributed by atoms with Crippen LogP contribution in [-0.4, -0.2) is 48.4 Å². The fourth-order valence-electron chi connectivity index (χ4n) is 3.20. The van der Waals surface area contributed by atoms with Crippen LogP contribution in [0.5, 0.6) is 0 Å². The predicted molar refractivity (Wildman–Crippen MR) is 91.3 cm³/mol. The lowest BCUT2D eigenvalue weighted by atomic mass is 10.0. The highest BCUT2D eigenvalue weighted by molar-refractivity contribution is 5.89. The van der Waals surface area contributed by atoms with Gasteiger partial charge in [-0.15, -0.1) is 0 Å². The third-order valence-corrected chi connectivity index (χ3v) is 4.58. The average molecular weight is 356 g/mol. The van der Waals surface area contributed by atoms with E-state index < -0.39 is 36.7 Å². The van der Waals surface area contributed by atoms with Crippen molar-refractivity contribution >= 4 is 5.97 Å². The molecule has 2 bridgehead atoms. The fourth-order valence-corrected chi connectivity index (χ4v) is 3.20. The van der Waals surface area contributed by atoms with Crippen LogP contribution < -0.4 is 0 Å². The first-order valence-corrected chi connectivity index (χ1v) is 8.59. The van der Waals surface area contributed by atoms with Crippen LogP contribution in [0.2, 0.25) is 0 Å². The smallest absolute Gasteiger partial charge is 0.338 e. The fraction of sp³-hybridized carbons (Fsp3) is 0.350. The normalized spacial score (nSPS) is 30.1. The van der Waals surface area contributed by atoms with E-state index in [2.05, 4.69) is 0 Å². The molecule has 4 unspecified atom stereocenters. The molecule has 6 nitrogen and oxygen atoms in total. The number of fused-ring (bicyclic) bond motifs is 2. The van der Waals surface area contributed by atoms with Crippen molar-refractivity contribution in [3.05, 3.63) is 71.8 Å². The van der Waals surface area contributed by atoms with Gasteiger partial charge < -0.3 is 24.1 Å². The van der Waals surface area contributed by atoms with Crippen molar-refractivity contribution in [1.29, 1.82) is 0 Å². The summed E-state index contributed by atoms with van der Waals surface area (Å²) >= 11 is 0. The summed E-state index contributed by atoms with van der Waals surface area (Å²) < 4.78 is 22.7. The summed E-state index contributed by atoms with van der Waals surface area (Å²) in [4.78, 5) is 12.4. The van der Waals surface area contributed by atoms with Crippen LogP contribution in [0.1, 0.15) is 15.9 Å². The second-order valence-electron chi connectivity index (χ2n) is 6.36. The van der Waals surface area contributed by atoms with Gasteiger partial charge in [-0.25, -0.2) is 4.79 Å². The van der Waals surface area contributed by atoms with Crippen LogP contribution >= 0.6 is 0 Å². The maximum absolute atomic E-state index is 12.4. The third kappa shape index (κ3) is 3.50. The lowest BCUT2D eigenvalue weighted by molar-refractivity contribution is -0.242. The van der Waals surface area contributed by atoms with E-state index in [-0.39, 0.29) is 6.61 Å². The monoisotopic (exact) mass is 356 g/mol. The molecule has 2 saturated heterocycles. The molecule has 0 amide bonds. The van der Waals surface area contributed by atoms with Crippen LogP contribution in [0.4, 0.5) is 0 Å². The maximum Gasteiger partial charge on any atom is 0.338 e. The number of hydrogen-bond acceptors (Lipinski definition) is 6. The Morgan fingerprint density at radius 2 is 1.73 bits per heavy atom. The van der Waals surface area contributed by atoms with Gasteiger partial charge in [0.25, 0.3) is 0 Å². The Labute approximate surface area is 151 Å². The Bertz CT molecular complexity index is 734. The Kier molecular flexibility index (Phi) is 4.99. The minimum Gasteiger partial charge on any atom is -0.450 e. The maximum atomic E-state index is 12.4. The lowest BCUT2D eigenvalue weighted by Crippen LogP contribution is -2.56. The molecule has 2 heterocycles. The zero-order valence-electron chi connectivity index (χ0n) is 14.1. The molecule has 4 rings (SSSR count). The topological polar surface area (TPSA) is 74.2 Å². The van der Waals surface area contributed by atoms with Crippen LogP contribution in [0.25, 0.3) is 0 Å². The van der Waals surface area contributed by atoms with E-state index >= 15 is 0 Å². The number of benzene rings is 2. The summed E-state index contributed by atoms with van der Waals surface area (Å²) in [6.45, 7) is 0.539. The van der Waals surface area contributed by atoms with Gasteiger partial charge in [0, 0.05) is 0 Å². The number of hydrogen-bond donors (Lipinski definition) is 1. The van der Waals surface area contributed by atoms with Gasteiger partial charge in [-0.3, -0.25) is 0 Å². The molecular weight excluding hydrogens is 336 g/mol. The molecule has 2 aliphatic heterocycles. The lowest BCUT2D eigenvalue weighted by Gasteiger charge is -2.37. The number of esters is 1. The molecule has 1 N–H and O–H groups in total. The minimum atomic E-state index is -0.939. The van der Waals surface area contributed by atoms with Crippen LogP contribution in [-0.2, 0) is 25.6 Å².